The van der Waals surface area contributed by atoms with E-state index in [9.17, 15) is 17.8 Å². The largest absolute Gasteiger partial charge is 0.748 e. The molecule has 2 unspecified atom stereocenters. The molecule has 0 N–H and O–H groups in total. The van der Waals surface area contributed by atoms with Gasteiger partial charge in [-0.05, 0) is 119 Å². The third-order valence-corrected chi connectivity index (χ3v) is 14.5. The lowest BCUT2D eigenvalue weighted by atomic mass is 9.70. The predicted octanol–water partition coefficient (Wildman–Crippen LogP) is 9.35. The highest BCUT2D eigenvalue weighted by Gasteiger charge is 2.64. The molecule has 0 heterocycles. The van der Waals surface area contributed by atoms with Gasteiger partial charge in [-0.1, -0.05) is 32.0 Å². The van der Waals surface area contributed by atoms with Gasteiger partial charge in [-0.3, -0.25) is 4.79 Å². The lowest BCUT2D eigenvalue weighted by Crippen LogP contribution is -2.42. The molecule has 0 amide bonds. The van der Waals surface area contributed by atoms with Crippen molar-refractivity contribution in [3.63, 3.8) is 0 Å². The Hall–Kier alpha value is -2.36. The van der Waals surface area contributed by atoms with E-state index in [1.54, 1.807) is 0 Å². The summed E-state index contributed by atoms with van der Waals surface area (Å²) in [6.45, 7) is 23.8. The van der Waals surface area contributed by atoms with Crippen LogP contribution in [0.1, 0.15) is 33.1 Å². The average molecular weight is 759 g/mol. The van der Waals surface area contributed by atoms with Crippen LogP contribution in [-0.4, -0.2) is 49.5 Å². The maximum Gasteiger partial charge on any atom is 0.242 e. The molecule has 0 saturated heterocycles. The second kappa shape index (κ2) is 14.3. The average Bonchev–Trinajstić information content (AvgIpc) is 3.25. The zero-order valence-corrected chi connectivity index (χ0v) is 35.6. The fraction of sp³-hybridized carbons (Fsp3) is 0.486. The van der Waals surface area contributed by atoms with Crippen molar-refractivity contribution in [3.05, 3.63) is 72.8 Å². The number of ketones is 1. The summed E-state index contributed by atoms with van der Waals surface area (Å²) in [5, 5.41) is 0. The summed E-state index contributed by atoms with van der Waals surface area (Å²) in [5.74, 6) is 2.55. The van der Waals surface area contributed by atoms with Crippen LogP contribution >= 0.6 is 0 Å². The van der Waals surface area contributed by atoms with Crippen molar-refractivity contribution in [2.24, 2.45) is 16.7 Å². The Bertz CT molecular complexity index is 1620. The number of fused-ring (bicyclic) bond motifs is 2. The Kier molecular flexibility index (Phi) is 11.5. The molecule has 7 nitrogen and oxygen atoms in total. The van der Waals surface area contributed by atoms with Crippen LogP contribution in [0, 0.1) is 16.7 Å². The monoisotopic (exact) mass is 758 g/mol. The van der Waals surface area contributed by atoms with Gasteiger partial charge in [0.05, 0.1) is 26.8 Å². The third kappa shape index (κ3) is 10.4. The van der Waals surface area contributed by atoms with Crippen molar-refractivity contribution in [1.82, 2.24) is 0 Å². The van der Waals surface area contributed by atoms with Gasteiger partial charge in [0.15, 0.2) is 14.7 Å². The molecule has 0 radical (unpaired) electrons. The van der Waals surface area contributed by atoms with Gasteiger partial charge >= 0.3 is 0 Å². The first-order valence-electron chi connectivity index (χ1n) is 17.0. The summed E-state index contributed by atoms with van der Waals surface area (Å²) >= 11 is 0. The van der Waals surface area contributed by atoms with E-state index in [4.69, 9.17) is 13.3 Å². The summed E-state index contributed by atoms with van der Waals surface area (Å²) in [5.41, 5.74) is -1.22. The van der Waals surface area contributed by atoms with Gasteiger partial charge in [0.1, 0.15) is 23.0 Å². The number of carbonyl (C=O) groups excluding carboxylic acids is 1. The molecule has 2 saturated carbocycles. The van der Waals surface area contributed by atoms with Crippen LogP contribution in [0.25, 0.3) is 0 Å². The van der Waals surface area contributed by atoms with Crippen LogP contribution in [0.5, 0.6) is 17.2 Å². The molecular formula is C37H54O7S2Si3. The maximum absolute atomic E-state index is 11.8. The number of rotatable bonds is 11. The van der Waals surface area contributed by atoms with Crippen LogP contribution in [0.4, 0.5) is 0 Å². The Morgan fingerprint density at radius 3 is 1.35 bits per heavy atom. The van der Waals surface area contributed by atoms with Crippen molar-refractivity contribution >= 4 is 51.7 Å². The van der Waals surface area contributed by atoms with Crippen LogP contribution < -0.4 is 13.3 Å². The minimum atomic E-state index is -4.33. The fourth-order valence-corrected chi connectivity index (χ4v) is 12.8. The molecule has 0 spiro atoms. The van der Waals surface area contributed by atoms with Crippen molar-refractivity contribution in [2.45, 2.75) is 107 Å². The zero-order chi connectivity index (χ0) is 36.6. The summed E-state index contributed by atoms with van der Waals surface area (Å²) < 4.78 is 51.7. The molecular weight excluding hydrogens is 705 g/mol. The molecule has 49 heavy (non-hydrogen) atoms. The molecule has 0 aromatic heterocycles. The topological polar surface area (TPSA) is 102 Å². The Morgan fingerprint density at radius 2 is 1.08 bits per heavy atom. The van der Waals surface area contributed by atoms with Crippen LogP contribution in [0.3, 0.4) is 0 Å². The first-order valence-corrected chi connectivity index (χ1v) is 30.0. The van der Waals surface area contributed by atoms with Gasteiger partial charge in [0.25, 0.3) is 0 Å². The predicted molar refractivity (Wildman–Crippen MR) is 207 cm³/mol. The van der Waals surface area contributed by atoms with E-state index >= 15 is 0 Å². The van der Waals surface area contributed by atoms with Crippen molar-refractivity contribution in [3.8, 4) is 17.2 Å². The van der Waals surface area contributed by atoms with E-state index < -0.39 is 46.2 Å². The SMILES string of the molecule is CC1(C)C2CCC1(CS(=O)(=O)[O-])C(=O)C2.C[Si](C)(C)Oc1cccc([S+](c2cccc(O[Si](C)(C)C)c2)c2cccc(O[Si](C)(C)C)c2)c1. The van der Waals surface area contributed by atoms with Crippen LogP contribution in [0.15, 0.2) is 87.5 Å². The van der Waals surface area contributed by atoms with E-state index in [0.717, 1.165) is 23.7 Å². The van der Waals surface area contributed by atoms with Gasteiger partial charge in [0.2, 0.25) is 25.0 Å². The molecule has 268 valence electrons. The summed E-state index contributed by atoms with van der Waals surface area (Å²) in [6.07, 6.45) is 1.88. The zero-order valence-electron chi connectivity index (χ0n) is 31.0. The van der Waals surface area contributed by atoms with E-state index in [2.05, 4.69) is 132 Å². The Balaban J connectivity index is 0.000000299. The summed E-state index contributed by atoms with van der Waals surface area (Å²) in [7, 11) is -9.79. The number of carbonyl (C=O) groups is 1. The molecule has 3 aromatic rings. The van der Waals surface area contributed by atoms with Crippen molar-refractivity contribution < 1.29 is 31.0 Å². The van der Waals surface area contributed by atoms with Crippen LogP contribution in [0.2, 0.25) is 58.9 Å². The van der Waals surface area contributed by atoms with Gasteiger partial charge in [-0.2, -0.15) is 0 Å². The van der Waals surface area contributed by atoms with E-state index in [1.165, 1.54) is 14.7 Å². The normalized spacial score (nSPS) is 20.5. The molecule has 5 rings (SSSR count). The number of benzene rings is 3. The number of hydrogen-bond donors (Lipinski definition) is 0. The van der Waals surface area contributed by atoms with E-state index in [0.29, 0.717) is 12.8 Å². The molecule has 2 aliphatic rings. The standard InChI is InChI=1S/C27H39O3SSi3.C10H16O4S/c1-32(2,3)28-22-13-10-16-25(19-22)31(26-17-11-14-23(20-26)29-33(4,5)6)27-18-12-15-24(21-27)30-34(7,8)9;1-9(2)7-3-4-10(9,8(11)5-7)6-15(12,13)14/h10-21H,1-9H3;7H,3-6H2,1-2H3,(H,12,13,14)/q+1;/p-1. The van der Waals surface area contributed by atoms with Crippen molar-refractivity contribution in [1.29, 1.82) is 0 Å². The maximum atomic E-state index is 11.8. The summed E-state index contributed by atoms with van der Waals surface area (Å²) in [4.78, 5) is 15.5. The summed E-state index contributed by atoms with van der Waals surface area (Å²) in [6, 6.07) is 25.8. The van der Waals surface area contributed by atoms with Gasteiger partial charge in [-0.25, -0.2) is 8.42 Å². The second-order valence-electron chi connectivity index (χ2n) is 16.7. The van der Waals surface area contributed by atoms with Gasteiger partial charge in [0, 0.05) is 30.0 Å². The number of Topliss-reactive ketones (excluding diaryl/α,β-unsaturated/α-hetero) is 1. The molecule has 3 aromatic carbocycles. The van der Waals surface area contributed by atoms with Crippen LogP contribution in [-0.2, 0) is 25.8 Å². The van der Waals surface area contributed by atoms with E-state index in [1.807, 2.05) is 13.8 Å². The third-order valence-electron chi connectivity index (χ3n) is 8.96. The molecule has 2 bridgehead atoms. The van der Waals surface area contributed by atoms with Crippen molar-refractivity contribution in [2.75, 3.05) is 5.75 Å². The highest BCUT2D eigenvalue weighted by atomic mass is 32.2. The van der Waals surface area contributed by atoms with Gasteiger partial charge in [-0.15, -0.1) is 0 Å². The minimum Gasteiger partial charge on any atom is -0.748 e. The first-order chi connectivity index (χ1) is 22.4. The molecule has 2 aliphatic carbocycles. The second-order valence-corrected chi connectivity index (χ2v) is 33.5. The minimum absolute atomic E-state index is 0.0248. The molecule has 2 atom stereocenters. The molecule has 2 fully saturated rings. The smallest absolute Gasteiger partial charge is 0.242 e. The lowest BCUT2D eigenvalue weighted by Gasteiger charge is -2.37. The first kappa shape index (κ1) is 39.4. The molecule has 0 aliphatic heterocycles. The highest BCUT2D eigenvalue weighted by Crippen LogP contribution is 2.64. The van der Waals surface area contributed by atoms with E-state index in [-0.39, 0.29) is 28.0 Å². The number of hydrogen-bond acceptors (Lipinski definition) is 7. The molecule has 12 heteroatoms. The quantitative estimate of drug-likeness (QED) is 0.109. The van der Waals surface area contributed by atoms with Gasteiger partial charge < -0.3 is 17.8 Å². The highest BCUT2D eigenvalue weighted by molar-refractivity contribution is 7.97. The fourth-order valence-electron chi connectivity index (χ4n) is 6.87. The Morgan fingerprint density at radius 1 is 0.714 bits per heavy atom. The lowest BCUT2D eigenvalue weighted by molar-refractivity contribution is -0.128. The Labute approximate surface area is 300 Å².